The molecule has 2 amide bonds. The molecule has 0 fully saturated rings. The summed E-state index contributed by atoms with van der Waals surface area (Å²) in [4.78, 5) is 13.2. The maximum Gasteiger partial charge on any atom is 0.317 e. The summed E-state index contributed by atoms with van der Waals surface area (Å²) in [5.41, 5.74) is 5.33. The third-order valence-electron chi connectivity index (χ3n) is 2.26. The first-order valence-corrected chi connectivity index (χ1v) is 4.69. The molecule has 0 saturated carbocycles. The van der Waals surface area contributed by atoms with Crippen molar-refractivity contribution in [2.75, 3.05) is 20.1 Å². The summed E-state index contributed by atoms with van der Waals surface area (Å²) in [6.45, 7) is 7.32. The quantitative estimate of drug-likeness (QED) is 0.683. The number of nitrogens with one attached hydrogen (secondary N) is 1. The smallest absolute Gasteiger partial charge is 0.317 e. The zero-order valence-electron chi connectivity index (χ0n) is 9.05. The Kier molecular flexibility index (Phi) is 4.77. The second-order valence-corrected chi connectivity index (χ2v) is 3.65. The van der Waals surface area contributed by atoms with E-state index in [4.69, 9.17) is 5.73 Å². The van der Waals surface area contributed by atoms with Crippen LogP contribution < -0.4 is 11.1 Å². The van der Waals surface area contributed by atoms with Crippen molar-refractivity contribution in [2.24, 2.45) is 5.73 Å². The molecule has 0 aromatic heterocycles. The van der Waals surface area contributed by atoms with E-state index in [-0.39, 0.29) is 11.6 Å². The Balaban J connectivity index is 4.45. The van der Waals surface area contributed by atoms with E-state index < -0.39 is 0 Å². The molecule has 0 bridgehead atoms. The molecule has 0 spiro atoms. The summed E-state index contributed by atoms with van der Waals surface area (Å²) in [5.74, 6) is 0. The first-order chi connectivity index (χ1) is 5.99. The normalized spacial score (nSPS) is 11.2. The largest absolute Gasteiger partial charge is 0.341 e. The van der Waals surface area contributed by atoms with E-state index in [0.717, 1.165) is 6.42 Å². The van der Waals surface area contributed by atoms with Gasteiger partial charge in [0.2, 0.25) is 0 Å². The second-order valence-electron chi connectivity index (χ2n) is 3.65. The van der Waals surface area contributed by atoms with Crippen LogP contribution in [0.5, 0.6) is 0 Å². The summed E-state index contributed by atoms with van der Waals surface area (Å²) in [7, 11) is 1.64. The predicted molar refractivity (Wildman–Crippen MR) is 54.6 cm³/mol. The molecule has 0 aliphatic rings. The van der Waals surface area contributed by atoms with Crippen molar-refractivity contribution in [2.45, 2.75) is 32.7 Å². The lowest BCUT2D eigenvalue weighted by molar-refractivity contribution is 0.136. The summed E-state index contributed by atoms with van der Waals surface area (Å²) in [6.07, 6.45) is 0.814. The number of urea groups is 1. The van der Waals surface area contributed by atoms with Gasteiger partial charge in [0.1, 0.15) is 0 Å². The summed E-state index contributed by atoms with van der Waals surface area (Å²) in [6, 6.07) is -0.0408. The van der Waals surface area contributed by atoms with Gasteiger partial charge in [-0.3, -0.25) is 0 Å². The Bertz CT molecular complexity index is 168. The van der Waals surface area contributed by atoms with Gasteiger partial charge >= 0.3 is 6.03 Å². The predicted octanol–water partition coefficient (Wildman–Crippen LogP) is 0.775. The van der Waals surface area contributed by atoms with E-state index in [9.17, 15) is 4.79 Å². The fourth-order valence-electron chi connectivity index (χ4n) is 1.47. The van der Waals surface area contributed by atoms with Crippen LogP contribution in [0.1, 0.15) is 27.2 Å². The van der Waals surface area contributed by atoms with Gasteiger partial charge < -0.3 is 16.0 Å². The number of amides is 2. The van der Waals surface area contributed by atoms with Crippen LogP contribution in [0.4, 0.5) is 4.79 Å². The van der Waals surface area contributed by atoms with Crippen molar-refractivity contribution < 1.29 is 4.79 Å². The molecule has 0 unspecified atom stereocenters. The molecule has 0 radical (unpaired) electrons. The molecule has 0 aliphatic carbocycles. The van der Waals surface area contributed by atoms with Gasteiger partial charge in [-0.25, -0.2) is 4.79 Å². The van der Waals surface area contributed by atoms with Crippen molar-refractivity contribution in [3.8, 4) is 0 Å². The van der Waals surface area contributed by atoms with Gasteiger partial charge in [-0.2, -0.15) is 0 Å². The molecule has 0 aromatic rings. The number of hydrogen-bond donors (Lipinski definition) is 2. The molecule has 0 rings (SSSR count). The maximum absolute atomic E-state index is 11.4. The third-order valence-corrected chi connectivity index (χ3v) is 2.26. The lowest BCUT2D eigenvalue weighted by Crippen LogP contribution is -2.51. The lowest BCUT2D eigenvalue weighted by Gasteiger charge is -2.37. The molecule has 4 heteroatoms. The van der Waals surface area contributed by atoms with Crippen LogP contribution in [-0.4, -0.2) is 36.6 Å². The summed E-state index contributed by atoms with van der Waals surface area (Å²) < 4.78 is 0. The monoisotopic (exact) mass is 187 g/mol. The number of nitrogens with two attached hydrogens (primary N) is 1. The number of rotatable bonds is 4. The molecular formula is C9H21N3O. The van der Waals surface area contributed by atoms with Gasteiger partial charge in [-0.15, -0.1) is 0 Å². The van der Waals surface area contributed by atoms with Gasteiger partial charge in [0, 0.05) is 19.1 Å². The van der Waals surface area contributed by atoms with Crippen LogP contribution in [-0.2, 0) is 0 Å². The Hall–Kier alpha value is -0.770. The molecule has 78 valence electrons. The SMILES string of the molecule is CCN(C(=O)NC)C(C)(C)CCN. The van der Waals surface area contributed by atoms with Gasteiger partial charge in [0.05, 0.1) is 0 Å². The standard InChI is InChI=1S/C9H21N3O/c1-5-12(8(13)11-4)9(2,3)6-7-10/h5-7,10H2,1-4H3,(H,11,13). The van der Waals surface area contributed by atoms with E-state index in [1.54, 1.807) is 11.9 Å². The Morgan fingerprint density at radius 3 is 2.38 bits per heavy atom. The van der Waals surface area contributed by atoms with Gasteiger partial charge in [-0.1, -0.05) is 0 Å². The van der Waals surface area contributed by atoms with E-state index in [2.05, 4.69) is 5.32 Å². The first kappa shape index (κ1) is 12.2. The molecule has 4 nitrogen and oxygen atoms in total. The average Bonchev–Trinajstić information content (AvgIpc) is 2.04. The van der Waals surface area contributed by atoms with Crippen LogP contribution >= 0.6 is 0 Å². The Morgan fingerprint density at radius 2 is 2.08 bits per heavy atom. The number of hydrogen-bond acceptors (Lipinski definition) is 2. The molecule has 0 aliphatic heterocycles. The third kappa shape index (κ3) is 3.22. The zero-order valence-corrected chi connectivity index (χ0v) is 9.05. The molecule has 0 atom stereocenters. The van der Waals surface area contributed by atoms with Crippen LogP contribution in [0.2, 0.25) is 0 Å². The van der Waals surface area contributed by atoms with Crippen molar-refractivity contribution in [3.05, 3.63) is 0 Å². The van der Waals surface area contributed by atoms with E-state index in [1.807, 2.05) is 20.8 Å². The first-order valence-electron chi connectivity index (χ1n) is 4.69. The highest BCUT2D eigenvalue weighted by atomic mass is 16.2. The fourth-order valence-corrected chi connectivity index (χ4v) is 1.47. The van der Waals surface area contributed by atoms with Crippen LogP contribution in [0.3, 0.4) is 0 Å². The van der Waals surface area contributed by atoms with Gasteiger partial charge in [0.15, 0.2) is 0 Å². The molecule has 0 heterocycles. The van der Waals surface area contributed by atoms with Crippen LogP contribution in [0.15, 0.2) is 0 Å². The average molecular weight is 187 g/mol. The Labute approximate surface area is 80.5 Å². The highest BCUT2D eigenvalue weighted by Gasteiger charge is 2.27. The molecule has 3 N–H and O–H groups in total. The molecule has 0 aromatic carbocycles. The van der Waals surface area contributed by atoms with Crippen LogP contribution in [0.25, 0.3) is 0 Å². The minimum Gasteiger partial charge on any atom is -0.341 e. The molecular weight excluding hydrogens is 166 g/mol. The van der Waals surface area contributed by atoms with E-state index >= 15 is 0 Å². The lowest BCUT2D eigenvalue weighted by atomic mass is 9.98. The van der Waals surface area contributed by atoms with Crippen molar-refractivity contribution in [1.82, 2.24) is 10.2 Å². The second kappa shape index (κ2) is 5.07. The number of carbonyl (C=O) groups excluding carboxylic acids is 1. The van der Waals surface area contributed by atoms with Crippen molar-refractivity contribution in [3.63, 3.8) is 0 Å². The van der Waals surface area contributed by atoms with E-state index in [1.165, 1.54) is 0 Å². The van der Waals surface area contributed by atoms with Crippen molar-refractivity contribution in [1.29, 1.82) is 0 Å². The molecule has 0 saturated heterocycles. The number of nitrogens with zero attached hydrogens (tertiary/aromatic N) is 1. The van der Waals surface area contributed by atoms with Gasteiger partial charge in [0.25, 0.3) is 0 Å². The van der Waals surface area contributed by atoms with Gasteiger partial charge in [-0.05, 0) is 33.7 Å². The maximum atomic E-state index is 11.4. The van der Waals surface area contributed by atoms with Crippen LogP contribution in [0, 0.1) is 0 Å². The zero-order chi connectivity index (χ0) is 10.5. The molecule has 13 heavy (non-hydrogen) atoms. The minimum absolute atomic E-state index is 0.0408. The summed E-state index contributed by atoms with van der Waals surface area (Å²) in [5, 5.41) is 2.63. The topological polar surface area (TPSA) is 58.4 Å². The highest BCUT2D eigenvalue weighted by Crippen LogP contribution is 2.17. The van der Waals surface area contributed by atoms with Crippen molar-refractivity contribution >= 4 is 6.03 Å². The fraction of sp³-hybridized carbons (Fsp3) is 0.889. The highest BCUT2D eigenvalue weighted by molar-refractivity contribution is 5.74. The van der Waals surface area contributed by atoms with E-state index in [0.29, 0.717) is 13.1 Å². The Morgan fingerprint density at radius 1 is 1.54 bits per heavy atom. The minimum atomic E-state index is -0.163. The number of carbonyl (C=O) groups is 1. The summed E-state index contributed by atoms with van der Waals surface area (Å²) >= 11 is 0.